The summed E-state index contributed by atoms with van der Waals surface area (Å²) in [7, 11) is 0. The molecule has 0 saturated carbocycles. The lowest BCUT2D eigenvalue weighted by Crippen LogP contribution is -2.35. The fourth-order valence-electron chi connectivity index (χ4n) is 1.88. The molecule has 2 rings (SSSR count). The van der Waals surface area contributed by atoms with E-state index in [-0.39, 0.29) is 5.76 Å². The molecule has 0 atom stereocenters. The second-order valence-corrected chi connectivity index (χ2v) is 4.82. The van der Waals surface area contributed by atoms with Crippen LogP contribution in [0.4, 0.5) is 5.69 Å². The summed E-state index contributed by atoms with van der Waals surface area (Å²) in [5.41, 5.74) is 0.407. The van der Waals surface area contributed by atoms with Crippen LogP contribution >= 0.6 is 11.6 Å². The zero-order valence-corrected chi connectivity index (χ0v) is 12.1. The Bertz CT molecular complexity index is 665. The smallest absolute Gasteiger partial charge is 0.323 e. The maximum absolute atomic E-state index is 12.4. The number of hydrogen-bond acceptors (Lipinski definition) is 3. The van der Waals surface area contributed by atoms with E-state index >= 15 is 0 Å². The van der Waals surface area contributed by atoms with E-state index in [4.69, 9.17) is 21.1 Å². The molecule has 110 valence electrons. The number of carbonyl (C=O) groups is 2. The van der Waals surface area contributed by atoms with Gasteiger partial charge < -0.3 is 9.52 Å². The van der Waals surface area contributed by atoms with Gasteiger partial charge in [0.15, 0.2) is 5.76 Å². The van der Waals surface area contributed by atoms with Crippen molar-refractivity contribution in [2.24, 2.45) is 0 Å². The van der Waals surface area contributed by atoms with Gasteiger partial charge in [-0.15, -0.1) is 0 Å². The van der Waals surface area contributed by atoms with E-state index in [0.29, 0.717) is 22.9 Å². The summed E-state index contributed by atoms with van der Waals surface area (Å²) in [6, 6.07) is 9.70. The Kier molecular flexibility index (Phi) is 4.65. The first-order valence-electron chi connectivity index (χ1n) is 6.39. The van der Waals surface area contributed by atoms with E-state index in [9.17, 15) is 9.59 Å². The van der Waals surface area contributed by atoms with Crippen molar-refractivity contribution in [2.45, 2.75) is 13.3 Å². The quantitative estimate of drug-likeness (QED) is 0.920. The standard InChI is InChI=1S/C15H14ClNO4/c1-2-12-6-7-13(21-12)15(20)17(9-14(18)19)11-5-3-4-10(16)8-11/h3-8H,2,9H2,1H3,(H,18,19). The summed E-state index contributed by atoms with van der Waals surface area (Å²) >= 11 is 5.89. The lowest BCUT2D eigenvalue weighted by molar-refractivity contribution is -0.135. The lowest BCUT2D eigenvalue weighted by atomic mass is 10.2. The van der Waals surface area contributed by atoms with Gasteiger partial charge in [0.25, 0.3) is 5.91 Å². The number of hydrogen-bond donors (Lipinski definition) is 1. The number of anilines is 1. The molecule has 2 aromatic rings. The van der Waals surface area contributed by atoms with Crippen LogP contribution in [-0.2, 0) is 11.2 Å². The van der Waals surface area contributed by atoms with Gasteiger partial charge in [-0.05, 0) is 30.3 Å². The molecule has 5 nitrogen and oxygen atoms in total. The van der Waals surface area contributed by atoms with E-state index in [1.807, 2.05) is 6.92 Å². The number of carboxylic acids is 1. The van der Waals surface area contributed by atoms with Crippen LogP contribution in [0.2, 0.25) is 5.02 Å². The highest BCUT2D eigenvalue weighted by molar-refractivity contribution is 6.31. The summed E-state index contributed by atoms with van der Waals surface area (Å²) in [5.74, 6) is -0.863. The molecular weight excluding hydrogens is 294 g/mol. The average Bonchev–Trinajstić information content (AvgIpc) is 2.92. The minimum Gasteiger partial charge on any atom is -0.480 e. The number of aryl methyl sites for hydroxylation is 1. The topological polar surface area (TPSA) is 70.8 Å². The van der Waals surface area contributed by atoms with Crippen LogP contribution in [0.1, 0.15) is 23.2 Å². The van der Waals surface area contributed by atoms with E-state index in [1.165, 1.54) is 6.07 Å². The minimum absolute atomic E-state index is 0.105. The van der Waals surface area contributed by atoms with Crippen molar-refractivity contribution in [2.75, 3.05) is 11.4 Å². The van der Waals surface area contributed by atoms with Crippen LogP contribution in [0.3, 0.4) is 0 Å². The van der Waals surface area contributed by atoms with Gasteiger partial charge in [0, 0.05) is 17.1 Å². The summed E-state index contributed by atoms with van der Waals surface area (Å²) in [4.78, 5) is 24.6. The Balaban J connectivity index is 2.35. The summed E-state index contributed by atoms with van der Waals surface area (Å²) in [6.45, 7) is 1.43. The van der Waals surface area contributed by atoms with Crippen molar-refractivity contribution >= 4 is 29.2 Å². The van der Waals surface area contributed by atoms with Crippen molar-refractivity contribution in [3.8, 4) is 0 Å². The number of halogens is 1. The van der Waals surface area contributed by atoms with Crippen molar-refractivity contribution in [1.82, 2.24) is 0 Å². The predicted octanol–water partition coefficient (Wildman–Crippen LogP) is 3.23. The molecule has 1 aromatic carbocycles. The fraction of sp³-hybridized carbons (Fsp3) is 0.200. The van der Waals surface area contributed by atoms with Gasteiger partial charge in [0.2, 0.25) is 0 Å². The van der Waals surface area contributed by atoms with E-state index < -0.39 is 18.4 Å². The zero-order valence-electron chi connectivity index (χ0n) is 11.4. The Morgan fingerprint density at radius 3 is 2.62 bits per heavy atom. The molecule has 6 heteroatoms. The van der Waals surface area contributed by atoms with Gasteiger partial charge in [-0.25, -0.2) is 0 Å². The molecule has 0 bridgehead atoms. The van der Waals surface area contributed by atoms with Gasteiger partial charge in [0.05, 0.1) is 0 Å². The molecule has 0 unspecified atom stereocenters. The van der Waals surface area contributed by atoms with Crippen LogP contribution < -0.4 is 4.90 Å². The molecular formula is C15H14ClNO4. The van der Waals surface area contributed by atoms with Crippen LogP contribution in [0, 0.1) is 0 Å². The third-order valence-corrected chi connectivity index (χ3v) is 3.11. The van der Waals surface area contributed by atoms with E-state index in [2.05, 4.69) is 0 Å². The maximum atomic E-state index is 12.4. The second kappa shape index (κ2) is 6.45. The number of benzene rings is 1. The molecule has 1 heterocycles. The summed E-state index contributed by atoms with van der Waals surface area (Å²) < 4.78 is 5.39. The summed E-state index contributed by atoms with van der Waals surface area (Å²) in [5, 5.41) is 9.42. The first-order chi connectivity index (χ1) is 10.0. The van der Waals surface area contributed by atoms with Gasteiger partial charge in [0.1, 0.15) is 12.3 Å². The number of aliphatic carboxylic acids is 1. The molecule has 0 aliphatic rings. The number of carboxylic acid groups (broad SMARTS) is 1. The van der Waals surface area contributed by atoms with Gasteiger partial charge >= 0.3 is 5.97 Å². The molecule has 0 radical (unpaired) electrons. The molecule has 0 fully saturated rings. The predicted molar refractivity (Wildman–Crippen MR) is 78.9 cm³/mol. The molecule has 0 saturated heterocycles. The lowest BCUT2D eigenvalue weighted by Gasteiger charge is -2.19. The van der Waals surface area contributed by atoms with Crippen LogP contribution in [0.15, 0.2) is 40.8 Å². The maximum Gasteiger partial charge on any atom is 0.323 e. The Hall–Kier alpha value is -2.27. The SMILES string of the molecule is CCc1ccc(C(=O)N(CC(=O)O)c2cccc(Cl)c2)o1. The van der Waals surface area contributed by atoms with Crippen molar-refractivity contribution in [3.05, 3.63) is 52.9 Å². The first kappa shape index (κ1) is 15.1. The fourth-order valence-corrected chi connectivity index (χ4v) is 2.06. The molecule has 0 aliphatic heterocycles. The van der Waals surface area contributed by atoms with Crippen LogP contribution in [0.25, 0.3) is 0 Å². The Morgan fingerprint density at radius 1 is 1.29 bits per heavy atom. The minimum atomic E-state index is -1.12. The van der Waals surface area contributed by atoms with Crippen molar-refractivity contribution in [3.63, 3.8) is 0 Å². The van der Waals surface area contributed by atoms with E-state index in [0.717, 1.165) is 4.90 Å². The Morgan fingerprint density at radius 2 is 2.05 bits per heavy atom. The molecule has 0 spiro atoms. The third kappa shape index (κ3) is 3.64. The number of rotatable bonds is 5. The highest BCUT2D eigenvalue weighted by Gasteiger charge is 2.23. The monoisotopic (exact) mass is 307 g/mol. The number of amides is 1. The third-order valence-electron chi connectivity index (χ3n) is 2.88. The van der Waals surface area contributed by atoms with Crippen LogP contribution in [-0.4, -0.2) is 23.5 Å². The van der Waals surface area contributed by atoms with Gasteiger partial charge in [-0.3, -0.25) is 14.5 Å². The number of furan rings is 1. The Labute approximate surface area is 126 Å². The number of nitrogens with zero attached hydrogens (tertiary/aromatic N) is 1. The highest BCUT2D eigenvalue weighted by atomic mass is 35.5. The molecule has 0 aliphatic carbocycles. The highest BCUT2D eigenvalue weighted by Crippen LogP contribution is 2.22. The molecule has 21 heavy (non-hydrogen) atoms. The van der Waals surface area contributed by atoms with Gasteiger partial charge in [-0.2, -0.15) is 0 Å². The average molecular weight is 308 g/mol. The van der Waals surface area contributed by atoms with E-state index in [1.54, 1.807) is 30.3 Å². The van der Waals surface area contributed by atoms with Crippen molar-refractivity contribution < 1.29 is 19.1 Å². The zero-order chi connectivity index (χ0) is 15.4. The van der Waals surface area contributed by atoms with Gasteiger partial charge in [-0.1, -0.05) is 24.6 Å². The molecule has 1 aromatic heterocycles. The summed E-state index contributed by atoms with van der Waals surface area (Å²) in [6.07, 6.45) is 0.656. The second-order valence-electron chi connectivity index (χ2n) is 4.38. The van der Waals surface area contributed by atoms with Crippen LogP contribution in [0.5, 0.6) is 0 Å². The molecule has 1 amide bonds. The van der Waals surface area contributed by atoms with Crippen molar-refractivity contribution in [1.29, 1.82) is 0 Å². The largest absolute Gasteiger partial charge is 0.480 e. The normalized spacial score (nSPS) is 10.4. The first-order valence-corrected chi connectivity index (χ1v) is 6.77. The molecule has 1 N–H and O–H groups in total. The number of carbonyl (C=O) groups excluding carboxylic acids is 1.